The first-order valence-corrected chi connectivity index (χ1v) is 9.27. The molecule has 132 valence electrons. The fraction of sp³-hybridized carbons (Fsp3) is 0.500. The maximum atomic E-state index is 12.2. The third-order valence-corrected chi connectivity index (χ3v) is 5.47. The summed E-state index contributed by atoms with van der Waals surface area (Å²) in [6.07, 6.45) is 6.03. The zero-order valence-corrected chi connectivity index (χ0v) is 15.0. The standard InChI is InChI=1S/C20H26N4O/c1-14(2)20(25)24-7-5-15(13-24)12-23-8-6-17-9-16(3-4-19(17)23)18-10-21-22-11-18/h3-4,9-11,14-15H,5-8,12-13H2,1-2H3,(H,21,22). The Morgan fingerprint density at radius 3 is 2.96 bits per heavy atom. The van der Waals surface area contributed by atoms with Crippen LogP contribution >= 0.6 is 0 Å². The number of likely N-dealkylation sites (tertiary alicyclic amines) is 1. The largest absolute Gasteiger partial charge is 0.371 e. The van der Waals surface area contributed by atoms with Gasteiger partial charge in [-0.25, -0.2) is 0 Å². The van der Waals surface area contributed by atoms with Crippen LogP contribution in [0.15, 0.2) is 30.6 Å². The Balaban J connectivity index is 1.43. The Morgan fingerprint density at radius 2 is 2.20 bits per heavy atom. The molecule has 2 aliphatic heterocycles. The number of benzene rings is 1. The lowest BCUT2D eigenvalue weighted by atomic mass is 10.0. The molecule has 1 N–H and O–H groups in total. The van der Waals surface area contributed by atoms with Gasteiger partial charge in [0.1, 0.15) is 0 Å². The molecule has 4 rings (SSSR count). The molecule has 1 atom stereocenters. The molecule has 1 fully saturated rings. The van der Waals surface area contributed by atoms with Crippen LogP contribution in [0, 0.1) is 11.8 Å². The lowest BCUT2D eigenvalue weighted by Crippen LogP contribution is -2.34. The summed E-state index contributed by atoms with van der Waals surface area (Å²) in [6, 6.07) is 6.73. The minimum atomic E-state index is 0.104. The van der Waals surface area contributed by atoms with Gasteiger partial charge in [-0.2, -0.15) is 5.10 Å². The molecular formula is C20H26N4O. The molecule has 1 saturated heterocycles. The third-order valence-electron chi connectivity index (χ3n) is 5.47. The van der Waals surface area contributed by atoms with Crippen LogP contribution < -0.4 is 4.90 Å². The number of carbonyl (C=O) groups excluding carboxylic acids is 1. The van der Waals surface area contributed by atoms with E-state index in [4.69, 9.17) is 0 Å². The molecule has 0 spiro atoms. The van der Waals surface area contributed by atoms with E-state index in [1.807, 2.05) is 31.1 Å². The van der Waals surface area contributed by atoms with Crippen molar-refractivity contribution >= 4 is 11.6 Å². The van der Waals surface area contributed by atoms with E-state index in [1.54, 1.807) is 0 Å². The van der Waals surface area contributed by atoms with Crippen molar-refractivity contribution in [1.29, 1.82) is 0 Å². The summed E-state index contributed by atoms with van der Waals surface area (Å²) in [5.74, 6) is 0.990. The molecule has 25 heavy (non-hydrogen) atoms. The van der Waals surface area contributed by atoms with E-state index in [0.29, 0.717) is 11.8 Å². The zero-order valence-electron chi connectivity index (χ0n) is 15.0. The van der Waals surface area contributed by atoms with Crippen LogP contribution in [0.3, 0.4) is 0 Å². The quantitative estimate of drug-likeness (QED) is 0.932. The molecule has 1 amide bonds. The number of H-pyrrole nitrogens is 1. The molecule has 1 aromatic carbocycles. The summed E-state index contributed by atoms with van der Waals surface area (Å²) in [4.78, 5) is 16.7. The Labute approximate surface area is 149 Å². The van der Waals surface area contributed by atoms with Crippen LogP contribution in [-0.2, 0) is 11.2 Å². The lowest BCUT2D eigenvalue weighted by Gasteiger charge is -2.24. The Morgan fingerprint density at radius 1 is 1.32 bits per heavy atom. The average molecular weight is 338 g/mol. The van der Waals surface area contributed by atoms with Crippen LogP contribution in [0.4, 0.5) is 5.69 Å². The highest BCUT2D eigenvalue weighted by Crippen LogP contribution is 2.33. The summed E-state index contributed by atoms with van der Waals surface area (Å²) in [7, 11) is 0. The number of hydrogen-bond donors (Lipinski definition) is 1. The number of fused-ring (bicyclic) bond motifs is 1. The number of nitrogens with zero attached hydrogens (tertiary/aromatic N) is 3. The van der Waals surface area contributed by atoms with Gasteiger partial charge >= 0.3 is 0 Å². The first kappa shape index (κ1) is 16.2. The summed E-state index contributed by atoms with van der Waals surface area (Å²) in [5, 5.41) is 6.92. The number of anilines is 1. The number of carbonyl (C=O) groups is 1. The summed E-state index contributed by atoms with van der Waals surface area (Å²) < 4.78 is 0. The number of aromatic nitrogens is 2. The van der Waals surface area contributed by atoms with Crippen LogP contribution in [0.1, 0.15) is 25.8 Å². The molecule has 2 aromatic rings. The van der Waals surface area contributed by atoms with Gasteiger partial charge in [0.05, 0.1) is 6.20 Å². The highest BCUT2D eigenvalue weighted by Gasteiger charge is 2.30. The molecule has 1 unspecified atom stereocenters. The molecule has 5 heteroatoms. The SMILES string of the molecule is CC(C)C(=O)N1CCC(CN2CCc3cc(-c4cn[nH]c4)ccc32)C1. The van der Waals surface area contributed by atoms with Crippen LogP contribution in [0.2, 0.25) is 0 Å². The fourth-order valence-corrected chi connectivity index (χ4v) is 4.11. The van der Waals surface area contributed by atoms with Crippen molar-refractivity contribution in [1.82, 2.24) is 15.1 Å². The number of nitrogens with one attached hydrogen (secondary N) is 1. The molecule has 0 saturated carbocycles. The second kappa shape index (κ2) is 6.54. The smallest absolute Gasteiger partial charge is 0.225 e. The summed E-state index contributed by atoms with van der Waals surface area (Å²) in [6.45, 7) is 7.95. The van der Waals surface area contributed by atoms with Crippen molar-refractivity contribution in [3.05, 3.63) is 36.2 Å². The van der Waals surface area contributed by atoms with Gasteiger partial charge in [-0.05, 0) is 42.0 Å². The lowest BCUT2D eigenvalue weighted by molar-refractivity contribution is -0.133. The van der Waals surface area contributed by atoms with Gasteiger partial charge in [-0.15, -0.1) is 0 Å². The minimum Gasteiger partial charge on any atom is -0.371 e. The molecule has 1 aromatic heterocycles. The third kappa shape index (κ3) is 3.15. The van der Waals surface area contributed by atoms with Gasteiger partial charge in [0, 0.05) is 49.5 Å². The average Bonchev–Trinajstić information content (AvgIpc) is 3.35. The van der Waals surface area contributed by atoms with Crippen molar-refractivity contribution in [3.63, 3.8) is 0 Å². The van der Waals surface area contributed by atoms with Crippen molar-refractivity contribution in [2.75, 3.05) is 31.1 Å². The Bertz CT molecular complexity index is 753. The Hall–Kier alpha value is -2.30. The highest BCUT2D eigenvalue weighted by molar-refractivity contribution is 5.78. The molecule has 0 radical (unpaired) electrons. The molecule has 0 bridgehead atoms. The first-order valence-electron chi connectivity index (χ1n) is 9.27. The molecule has 3 heterocycles. The van der Waals surface area contributed by atoms with Crippen molar-refractivity contribution in [2.24, 2.45) is 11.8 Å². The number of aromatic amines is 1. The predicted octanol–water partition coefficient (Wildman–Crippen LogP) is 2.94. The normalized spacial score (nSPS) is 19.7. The van der Waals surface area contributed by atoms with Gasteiger partial charge < -0.3 is 9.80 Å². The summed E-state index contributed by atoms with van der Waals surface area (Å²) >= 11 is 0. The molecular weight excluding hydrogens is 312 g/mol. The molecule has 0 aliphatic carbocycles. The van der Waals surface area contributed by atoms with E-state index in [-0.39, 0.29) is 5.92 Å². The van der Waals surface area contributed by atoms with Crippen LogP contribution in [0.25, 0.3) is 11.1 Å². The van der Waals surface area contributed by atoms with Gasteiger partial charge in [0.15, 0.2) is 0 Å². The van der Waals surface area contributed by atoms with Crippen molar-refractivity contribution < 1.29 is 4.79 Å². The first-order chi connectivity index (χ1) is 12.1. The topological polar surface area (TPSA) is 52.2 Å². The zero-order chi connectivity index (χ0) is 17.4. The van der Waals surface area contributed by atoms with Crippen molar-refractivity contribution in [3.8, 4) is 11.1 Å². The molecule has 2 aliphatic rings. The van der Waals surface area contributed by atoms with E-state index >= 15 is 0 Å². The van der Waals surface area contributed by atoms with Gasteiger partial charge in [-0.3, -0.25) is 9.89 Å². The van der Waals surface area contributed by atoms with E-state index < -0.39 is 0 Å². The van der Waals surface area contributed by atoms with Gasteiger partial charge in [0.2, 0.25) is 5.91 Å². The minimum absolute atomic E-state index is 0.104. The Kier molecular flexibility index (Phi) is 4.24. The van der Waals surface area contributed by atoms with Crippen LogP contribution in [0.5, 0.6) is 0 Å². The maximum absolute atomic E-state index is 12.2. The second-order valence-electron chi connectivity index (χ2n) is 7.62. The fourth-order valence-electron chi connectivity index (χ4n) is 4.11. The maximum Gasteiger partial charge on any atom is 0.225 e. The molecule has 5 nitrogen and oxygen atoms in total. The van der Waals surface area contributed by atoms with Crippen molar-refractivity contribution in [2.45, 2.75) is 26.7 Å². The van der Waals surface area contributed by atoms with E-state index in [0.717, 1.165) is 44.6 Å². The number of amides is 1. The predicted molar refractivity (Wildman–Crippen MR) is 99.5 cm³/mol. The number of rotatable bonds is 4. The van der Waals surface area contributed by atoms with Gasteiger partial charge in [-0.1, -0.05) is 19.9 Å². The van der Waals surface area contributed by atoms with E-state index in [1.165, 1.54) is 16.8 Å². The van der Waals surface area contributed by atoms with E-state index in [2.05, 4.69) is 33.3 Å². The van der Waals surface area contributed by atoms with Crippen LogP contribution in [-0.4, -0.2) is 47.2 Å². The second-order valence-corrected chi connectivity index (χ2v) is 7.62. The van der Waals surface area contributed by atoms with Gasteiger partial charge in [0.25, 0.3) is 0 Å². The monoisotopic (exact) mass is 338 g/mol. The van der Waals surface area contributed by atoms with E-state index in [9.17, 15) is 4.79 Å². The number of hydrogen-bond acceptors (Lipinski definition) is 3. The highest BCUT2D eigenvalue weighted by atomic mass is 16.2. The summed E-state index contributed by atoms with van der Waals surface area (Å²) in [5.41, 5.74) is 5.15.